The monoisotopic (exact) mass is 160 g/mol. The van der Waals surface area contributed by atoms with Gasteiger partial charge >= 0.3 is 0 Å². The standard InChI is InChI=1S/C7H16N2O2/c1-9-3-5-11-7-6-10-4-2-8/h1-8H2. The van der Waals surface area contributed by atoms with Crippen LogP contribution < -0.4 is 5.73 Å². The molecule has 0 heterocycles. The van der Waals surface area contributed by atoms with E-state index in [-0.39, 0.29) is 0 Å². The van der Waals surface area contributed by atoms with E-state index in [9.17, 15) is 0 Å². The molecule has 0 aliphatic rings. The summed E-state index contributed by atoms with van der Waals surface area (Å²) in [7, 11) is 0. The maximum absolute atomic E-state index is 5.20. The van der Waals surface area contributed by atoms with Crippen LogP contribution in [0.5, 0.6) is 0 Å². The lowest BCUT2D eigenvalue weighted by Gasteiger charge is -2.02. The Bertz CT molecular complexity index is 88.5. The number of rotatable bonds is 8. The van der Waals surface area contributed by atoms with E-state index in [1.807, 2.05) is 0 Å². The number of nitrogens with two attached hydrogens (primary N) is 1. The predicted octanol–water partition coefficient (Wildman–Crippen LogP) is -0.321. The molecule has 0 unspecified atom stereocenters. The van der Waals surface area contributed by atoms with Gasteiger partial charge in [0.1, 0.15) is 0 Å². The van der Waals surface area contributed by atoms with Crippen molar-refractivity contribution in [1.29, 1.82) is 0 Å². The summed E-state index contributed by atoms with van der Waals surface area (Å²) in [5.74, 6) is 0. The first-order valence-corrected chi connectivity index (χ1v) is 3.70. The molecule has 0 atom stereocenters. The lowest BCUT2D eigenvalue weighted by molar-refractivity contribution is 0.0540. The van der Waals surface area contributed by atoms with Crippen LogP contribution in [0.3, 0.4) is 0 Å². The zero-order chi connectivity index (χ0) is 8.36. The molecule has 0 rings (SSSR count). The van der Waals surface area contributed by atoms with Crippen molar-refractivity contribution in [2.75, 3.05) is 39.5 Å². The third-order valence-electron chi connectivity index (χ3n) is 1.03. The fourth-order valence-electron chi connectivity index (χ4n) is 0.534. The number of nitrogens with zero attached hydrogens (tertiary/aromatic N) is 1. The van der Waals surface area contributed by atoms with E-state index in [4.69, 9.17) is 15.2 Å². The molecule has 0 saturated heterocycles. The number of aliphatic imine (C=N–C) groups is 1. The van der Waals surface area contributed by atoms with Crippen LogP contribution in [-0.2, 0) is 9.47 Å². The molecule has 0 aliphatic carbocycles. The summed E-state index contributed by atoms with van der Waals surface area (Å²) in [4.78, 5) is 3.63. The van der Waals surface area contributed by atoms with Crippen molar-refractivity contribution in [1.82, 2.24) is 0 Å². The number of hydrogen-bond acceptors (Lipinski definition) is 4. The largest absolute Gasteiger partial charge is 0.378 e. The van der Waals surface area contributed by atoms with Crippen LogP contribution in [0.4, 0.5) is 0 Å². The summed E-state index contributed by atoms with van der Waals surface area (Å²) < 4.78 is 10.2. The summed E-state index contributed by atoms with van der Waals surface area (Å²) in [6.45, 7) is 6.98. The lowest BCUT2D eigenvalue weighted by Crippen LogP contribution is -2.12. The Morgan fingerprint density at radius 2 is 1.73 bits per heavy atom. The first-order valence-electron chi connectivity index (χ1n) is 3.70. The summed E-state index contributed by atoms with van der Waals surface area (Å²) in [6, 6.07) is 0. The van der Waals surface area contributed by atoms with Gasteiger partial charge in [0.2, 0.25) is 0 Å². The molecule has 0 aliphatic heterocycles. The third-order valence-corrected chi connectivity index (χ3v) is 1.03. The van der Waals surface area contributed by atoms with Crippen molar-refractivity contribution in [2.45, 2.75) is 0 Å². The molecular weight excluding hydrogens is 144 g/mol. The van der Waals surface area contributed by atoms with E-state index >= 15 is 0 Å². The third kappa shape index (κ3) is 9.55. The molecule has 4 heteroatoms. The average Bonchev–Trinajstić information content (AvgIpc) is 2.03. The Balaban J connectivity index is 2.74. The molecule has 0 bridgehead atoms. The Labute approximate surface area is 67.4 Å². The second-order valence-electron chi connectivity index (χ2n) is 1.96. The number of ether oxygens (including phenoxy) is 2. The maximum Gasteiger partial charge on any atom is 0.0701 e. The summed E-state index contributed by atoms with van der Waals surface area (Å²) in [6.07, 6.45) is 0. The van der Waals surface area contributed by atoms with Crippen LogP contribution in [0.1, 0.15) is 0 Å². The second-order valence-corrected chi connectivity index (χ2v) is 1.96. The molecule has 0 fully saturated rings. The summed E-state index contributed by atoms with van der Waals surface area (Å²) in [5.41, 5.74) is 5.20. The zero-order valence-electron chi connectivity index (χ0n) is 6.79. The van der Waals surface area contributed by atoms with Gasteiger partial charge in [-0.15, -0.1) is 0 Å². The van der Waals surface area contributed by atoms with Crippen molar-refractivity contribution in [3.63, 3.8) is 0 Å². The van der Waals surface area contributed by atoms with Gasteiger partial charge in [0, 0.05) is 6.54 Å². The molecule has 11 heavy (non-hydrogen) atoms. The second kappa shape index (κ2) is 9.55. The Morgan fingerprint density at radius 3 is 2.27 bits per heavy atom. The Kier molecular flexibility index (Phi) is 9.16. The van der Waals surface area contributed by atoms with Gasteiger partial charge < -0.3 is 15.2 Å². The predicted molar refractivity (Wildman–Crippen MR) is 45.1 cm³/mol. The van der Waals surface area contributed by atoms with Crippen LogP contribution in [0.15, 0.2) is 4.99 Å². The van der Waals surface area contributed by atoms with E-state index < -0.39 is 0 Å². The maximum atomic E-state index is 5.20. The average molecular weight is 160 g/mol. The van der Waals surface area contributed by atoms with Crippen LogP contribution >= 0.6 is 0 Å². The van der Waals surface area contributed by atoms with Gasteiger partial charge in [0.25, 0.3) is 0 Å². The molecule has 0 aromatic carbocycles. The van der Waals surface area contributed by atoms with Crippen LogP contribution in [-0.4, -0.2) is 46.2 Å². The van der Waals surface area contributed by atoms with Crippen LogP contribution in [0.2, 0.25) is 0 Å². The minimum atomic E-state index is 0.564. The molecule has 0 aromatic rings. The van der Waals surface area contributed by atoms with Gasteiger partial charge in [-0.25, -0.2) is 0 Å². The molecule has 0 amide bonds. The molecule has 66 valence electrons. The van der Waals surface area contributed by atoms with Crippen LogP contribution in [0, 0.1) is 0 Å². The van der Waals surface area contributed by atoms with E-state index in [2.05, 4.69) is 11.7 Å². The number of hydrogen-bond donors (Lipinski definition) is 1. The summed E-state index contributed by atoms with van der Waals surface area (Å²) in [5, 5.41) is 0. The highest BCUT2D eigenvalue weighted by atomic mass is 16.5. The van der Waals surface area contributed by atoms with Crippen molar-refractivity contribution < 1.29 is 9.47 Å². The van der Waals surface area contributed by atoms with Crippen molar-refractivity contribution in [3.8, 4) is 0 Å². The lowest BCUT2D eigenvalue weighted by atomic mass is 10.7. The molecule has 4 nitrogen and oxygen atoms in total. The van der Waals surface area contributed by atoms with E-state index in [1.165, 1.54) is 0 Å². The quantitative estimate of drug-likeness (QED) is 0.391. The molecular formula is C7H16N2O2. The highest BCUT2D eigenvalue weighted by Crippen LogP contribution is 1.77. The molecule has 2 N–H and O–H groups in total. The Hall–Kier alpha value is -0.450. The SMILES string of the molecule is C=NCCOCCOCCN. The fourth-order valence-corrected chi connectivity index (χ4v) is 0.534. The van der Waals surface area contributed by atoms with Gasteiger partial charge in [-0.1, -0.05) is 0 Å². The molecule has 0 aromatic heterocycles. The molecule has 0 spiro atoms. The van der Waals surface area contributed by atoms with E-state index in [0.717, 1.165) is 0 Å². The van der Waals surface area contributed by atoms with E-state index in [1.54, 1.807) is 0 Å². The van der Waals surface area contributed by atoms with Gasteiger partial charge in [-0.05, 0) is 6.72 Å². The normalized spacial score (nSPS) is 9.91. The van der Waals surface area contributed by atoms with Crippen molar-refractivity contribution >= 4 is 6.72 Å². The topological polar surface area (TPSA) is 56.8 Å². The smallest absolute Gasteiger partial charge is 0.0701 e. The molecule has 0 radical (unpaired) electrons. The minimum Gasteiger partial charge on any atom is -0.378 e. The van der Waals surface area contributed by atoms with Crippen LogP contribution in [0.25, 0.3) is 0 Å². The zero-order valence-corrected chi connectivity index (χ0v) is 6.79. The van der Waals surface area contributed by atoms with Gasteiger partial charge in [0.05, 0.1) is 33.0 Å². The van der Waals surface area contributed by atoms with Gasteiger partial charge in [-0.3, -0.25) is 4.99 Å². The van der Waals surface area contributed by atoms with E-state index in [0.29, 0.717) is 39.5 Å². The van der Waals surface area contributed by atoms with Gasteiger partial charge in [0.15, 0.2) is 0 Å². The Morgan fingerprint density at radius 1 is 1.09 bits per heavy atom. The molecule has 0 saturated carbocycles. The van der Waals surface area contributed by atoms with Crippen molar-refractivity contribution in [3.05, 3.63) is 0 Å². The first-order chi connectivity index (χ1) is 5.41. The first kappa shape index (κ1) is 10.6. The highest BCUT2D eigenvalue weighted by Gasteiger charge is 1.86. The fraction of sp³-hybridized carbons (Fsp3) is 0.857. The van der Waals surface area contributed by atoms with Crippen molar-refractivity contribution in [2.24, 2.45) is 10.7 Å². The summed E-state index contributed by atoms with van der Waals surface area (Å²) >= 11 is 0. The minimum absolute atomic E-state index is 0.564. The van der Waals surface area contributed by atoms with Gasteiger partial charge in [-0.2, -0.15) is 0 Å². The highest BCUT2D eigenvalue weighted by molar-refractivity contribution is 5.22.